The molecular weight excluding hydrogens is 344 g/mol. The van der Waals surface area contributed by atoms with E-state index in [0.29, 0.717) is 32.1 Å². The van der Waals surface area contributed by atoms with Crippen LogP contribution in [0.1, 0.15) is 64.7 Å². The molecule has 0 aliphatic heterocycles. The molecule has 0 heterocycles. The number of rotatable bonds is 12. The number of Topliss-reactive ketones (excluding diaryl/α,β-unsaturated/α-hetero) is 1. The number of terminal acetylenes is 1. The fraction of sp³-hybridized carbons (Fsp3) is 0.636. The van der Waals surface area contributed by atoms with E-state index in [0.717, 1.165) is 12.8 Å². The van der Waals surface area contributed by atoms with Crippen molar-refractivity contribution in [3.63, 3.8) is 0 Å². The van der Waals surface area contributed by atoms with E-state index in [1.54, 1.807) is 12.2 Å². The number of carboxylic acid groups (broad SMARTS) is 1. The van der Waals surface area contributed by atoms with E-state index in [1.165, 1.54) is 0 Å². The first-order valence-electron chi connectivity index (χ1n) is 9.77. The Bertz CT molecular complexity index is 586. The number of hydrogen-bond acceptors (Lipinski definition) is 4. The molecule has 5 heteroatoms. The second kappa shape index (κ2) is 11.7. The van der Waals surface area contributed by atoms with Crippen molar-refractivity contribution >= 4 is 11.8 Å². The monoisotopic (exact) mass is 376 g/mol. The maximum absolute atomic E-state index is 12.2. The maximum Gasteiger partial charge on any atom is 0.303 e. The molecule has 1 rings (SSSR count). The summed E-state index contributed by atoms with van der Waals surface area (Å²) in [5.74, 6) is 1.07. The predicted molar refractivity (Wildman–Crippen MR) is 105 cm³/mol. The van der Waals surface area contributed by atoms with Crippen molar-refractivity contribution in [1.29, 1.82) is 0 Å². The van der Waals surface area contributed by atoms with Gasteiger partial charge in [-0.1, -0.05) is 43.6 Å². The van der Waals surface area contributed by atoms with Crippen LogP contribution in [0, 0.1) is 24.2 Å². The lowest BCUT2D eigenvalue weighted by Gasteiger charge is -2.21. The van der Waals surface area contributed by atoms with Crippen LogP contribution in [0.15, 0.2) is 24.3 Å². The van der Waals surface area contributed by atoms with Gasteiger partial charge in [0, 0.05) is 31.1 Å². The van der Waals surface area contributed by atoms with Crippen molar-refractivity contribution in [2.75, 3.05) is 0 Å². The summed E-state index contributed by atoms with van der Waals surface area (Å²) in [6.07, 6.45) is 16.8. The molecule has 1 aliphatic carbocycles. The molecule has 0 saturated heterocycles. The number of hydrogen-bond donors (Lipinski definition) is 3. The van der Waals surface area contributed by atoms with Crippen molar-refractivity contribution < 1.29 is 24.9 Å². The van der Waals surface area contributed by atoms with Crippen LogP contribution in [0.2, 0.25) is 0 Å². The quantitative estimate of drug-likeness (QED) is 0.276. The largest absolute Gasteiger partial charge is 0.481 e. The molecule has 0 aromatic carbocycles. The number of carboxylic acids is 1. The number of carbonyl (C=O) groups excluding carboxylic acids is 1. The highest BCUT2D eigenvalue weighted by molar-refractivity contribution is 5.86. The van der Waals surface area contributed by atoms with Crippen LogP contribution in [0.5, 0.6) is 0 Å². The van der Waals surface area contributed by atoms with Gasteiger partial charge in [-0.2, -0.15) is 0 Å². The van der Waals surface area contributed by atoms with Crippen molar-refractivity contribution in [2.45, 2.75) is 76.4 Å². The molecule has 0 bridgehead atoms. The molecule has 3 N–H and O–H groups in total. The molecule has 0 radical (unpaired) electrons. The minimum Gasteiger partial charge on any atom is -0.481 e. The molecule has 1 fully saturated rings. The van der Waals surface area contributed by atoms with Gasteiger partial charge in [0.1, 0.15) is 11.4 Å². The zero-order valence-corrected chi connectivity index (χ0v) is 16.1. The van der Waals surface area contributed by atoms with Crippen molar-refractivity contribution in [3.05, 3.63) is 24.3 Å². The van der Waals surface area contributed by atoms with Gasteiger partial charge in [0.25, 0.3) is 0 Å². The molecule has 0 amide bonds. The second-order valence-electron chi connectivity index (χ2n) is 7.33. The number of allylic oxidation sites excluding steroid dienone is 3. The Kier molecular flexibility index (Phi) is 10.1. The molecule has 1 saturated carbocycles. The zero-order chi connectivity index (χ0) is 20.3. The smallest absolute Gasteiger partial charge is 0.303 e. The van der Waals surface area contributed by atoms with Gasteiger partial charge in [0.15, 0.2) is 0 Å². The molecule has 4 atom stereocenters. The SMILES string of the molecule is C#CC(O)(CC=C[C@H]1C(=O)C[C@H](O)[C@@H]1CC=CCCCC(=O)O)CCCC. The van der Waals surface area contributed by atoms with Gasteiger partial charge in [-0.3, -0.25) is 9.59 Å². The minimum absolute atomic E-state index is 0.000771. The van der Waals surface area contributed by atoms with E-state index < -0.39 is 17.7 Å². The molecule has 1 unspecified atom stereocenters. The van der Waals surface area contributed by atoms with E-state index >= 15 is 0 Å². The van der Waals surface area contributed by atoms with Crippen molar-refractivity contribution in [3.8, 4) is 12.3 Å². The van der Waals surface area contributed by atoms with Crippen molar-refractivity contribution in [2.24, 2.45) is 11.8 Å². The molecule has 5 nitrogen and oxygen atoms in total. The number of ketones is 1. The number of aliphatic hydroxyl groups excluding tert-OH is 1. The number of aliphatic hydroxyl groups is 2. The van der Waals surface area contributed by atoms with Crippen LogP contribution in [-0.2, 0) is 9.59 Å². The first kappa shape index (κ1) is 23.1. The van der Waals surface area contributed by atoms with Crippen molar-refractivity contribution in [1.82, 2.24) is 0 Å². The molecule has 0 spiro atoms. The summed E-state index contributed by atoms with van der Waals surface area (Å²) in [6, 6.07) is 0. The van der Waals surface area contributed by atoms with Crippen LogP contribution >= 0.6 is 0 Å². The lowest BCUT2D eigenvalue weighted by Crippen LogP contribution is -2.25. The van der Waals surface area contributed by atoms with Gasteiger partial charge >= 0.3 is 5.97 Å². The summed E-state index contributed by atoms with van der Waals surface area (Å²) >= 11 is 0. The van der Waals surface area contributed by atoms with Gasteiger partial charge in [0.2, 0.25) is 0 Å². The van der Waals surface area contributed by atoms with Crippen LogP contribution < -0.4 is 0 Å². The zero-order valence-electron chi connectivity index (χ0n) is 16.1. The summed E-state index contributed by atoms with van der Waals surface area (Å²) in [6.45, 7) is 2.03. The van der Waals surface area contributed by atoms with E-state index in [1.807, 2.05) is 19.1 Å². The Morgan fingerprint density at radius 1 is 1.33 bits per heavy atom. The average molecular weight is 376 g/mol. The van der Waals surface area contributed by atoms with E-state index in [9.17, 15) is 19.8 Å². The topological polar surface area (TPSA) is 94.8 Å². The Morgan fingerprint density at radius 3 is 2.70 bits per heavy atom. The standard InChI is InChI=1S/C22H32O5/c1-3-5-14-22(27,4-2)15-10-12-18-17(19(23)16-20(18)24)11-8-6-7-9-13-21(25)26/h2,6,8,10,12,17-19,23,27H,3,5,7,9,11,13-16H2,1H3,(H,25,26)/t17-,18-,19+,22?/m1/s1. The molecular formula is C22H32O5. The summed E-state index contributed by atoms with van der Waals surface area (Å²) in [7, 11) is 0. The molecule has 0 aromatic heterocycles. The lowest BCUT2D eigenvalue weighted by atomic mass is 9.88. The Balaban J connectivity index is 2.60. The number of unbranched alkanes of at least 4 members (excludes halogenated alkanes) is 2. The van der Waals surface area contributed by atoms with Crippen LogP contribution in [-0.4, -0.2) is 38.8 Å². The highest BCUT2D eigenvalue weighted by atomic mass is 16.4. The van der Waals surface area contributed by atoms with Gasteiger partial charge in [0.05, 0.1) is 6.10 Å². The Morgan fingerprint density at radius 2 is 2.07 bits per heavy atom. The van der Waals surface area contributed by atoms with Gasteiger partial charge in [-0.15, -0.1) is 6.42 Å². The predicted octanol–water partition coefficient (Wildman–Crippen LogP) is 3.25. The summed E-state index contributed by atoms with van der Waals surface area (Å²) in [4.78, 5) is 22.7. The molecule has 1 aliphatic rings. The Hall–Kier alpha value is -1.90. The first-order chi connectivity index (χ1) is 12.8. The second-order valence-corrected chi connectivity index (χ2v) is 7.33. The van der Waals surface area contributed by atoms with E-state index in [-0.39, 0.29) is 30.5 Å². The minimum atomic E-state index is -1.19. The highest BCUT2D eigenvalue weighted by Gasteiger charge is 2.39. The van der Waals surface area contributed by atoms with E-state index in [4.69, 9.17) is 11.5 Å². The summed E-state index contributed by atoms with van der Waals surface area (Å²) in [5.41, 5.74) is -1.19. The third kappa shape index (κ3) is 8.11. The fourth-order valence-corrected chi connectivity index (χ4v) is 3.38. The summed E-state index contributed by atoms with van der Waals surface area (Å²) < 4.78 is 0. The molecule has 150 valence electrons. The van der Waals surface area contributed by atoms with Crippen LogP contribution in [0.3, 0.4) is 0 Å². The third-order valence-electron chi connectivity index (χ3n) is 5.09. The summed E-state index contributed by atoms with van der Waals surface area (Å²) in [5, 5.41) is 29.2. The highest BCUT2D eigenvalue weighted by Crippen LogP contribution is 2.34. The number of carbonyl (C=O) groups is 2. The Labute approximate surface area is 162 Å². The maximum atomic E-state index is 12.2. The number of aliphatic carboxylic acids is 1. The average Bonchev–Trinajstić information content (AvgIpc) is 2.89. The van der Waals surface area contributed by atoms with E-state index in [2.05, 4.69) is 5.92 Å². The van der Waals surface area contributed by atoms with Gasteiger partial charge in [-0.25, -0.2) is 0 Å². The van der Waals surface area contributed by atoms with Gasteiger partial charge < -0.3 is 15.3 Å². The molecule has 27 heavy (non-hydrogen) atoms. The van der Waals surface area contributed by atoms with Crippen LogP contribution in [0.4, 0.5) is 0 Å². The third-order valence-corrected chi connectivity index (χ3v) is 5.09. The molecule has 0 aromatic rings. The lowest BCUT2D eigenvalue weighted by molar-refractivity contribution is -0.137. The van der Waals surface area contributed by atoms with Crippen LogP contribution in [0.25, 0.3) is 0 Å². The first-order valence-corrected chi connectivity index (χ1v) is 9.77. The van der Waals surface area contributed by atoms with Gasteiger partial charge in [-0.05, 0) is 32.1 Å². The normalized spacial score (nSPS) is 25.1. The fourth-order valence-electron chi connectivity index (χ4n) is 3.38.